The minimum Gasteiger partial charge on any atom is -0.305 e. The van der Waals surface area contributed by atoms with Crippen molar-refractivity contribution in [3.63, 3.8) is 0 Å². The van der Waals surface area contributed by atoms with Crippen LogP contribution in [-0.4, -0.2) is 16.1 Å². The average molecular weight is 282 g/mol. The van der Waals surface area contributed by atoms with Gasteiger partial charge in [-0.05, 0) is 49.1 Å². The molecule has 5 heteroatoms. The van der Waals surface area contributed by atoms with Crippen molar-refractivity contribution in [2.24, 2.45) is 0 Å². The zero-order valence-electron chi connectivity index (χ0n) is 10.5. The quantitative estimate of drug-likeness (QED) is 0.910. The first-order chi connectivity index (χ1) is 8.72. The maximum atomic E-state index is 5.93. The van der Waals surface area contributed by atoms with Crippen molar-refractivity contribution in [1.82, 2.24) is 14.9 Å². The second-order valence-electron chi connectivity index (χ2n) is 4.16. The van der Waals surface area contributed by atoms with Crippen LogP contribution in [0.3, 0.4) is 0 Å². The van der Waals surface area contributed by atoms with E-state index in [0.29, 0.717) is 0 Å². The Hall–Kier alpha value is -0.970. The summed E-state index contributed by atoms with van der Waals surface area (Å²) >= 11 is 7.38. The lowest BCUT2D eigenvalue weighted by Gasteiger charge is -2.17. The third-order valence-electron chi connectivity index (χ3n) is 2.75. The predicted octanol–water partition coefficient (Wildman–Crippen LogP) is 3.59. The Morgan fingerprint density at radius 3 is 2.61 bits per heavy atom. The lowest BCUT2D eigenvalue weighted by atomic mass is 10.0. The summed E-state index contributed by atoms with van der Waals surface area (Å²) in [4.78, 5) is 1.17. The number of aryl methyl sites for hydroxylation is 1. The molecule has 1 heterocycles. The molecule has 1 atom stereocenters. The third kappa shape index (κ3) is 3.07. The van der Waals surface area contributed by atoms with Gasteiger partial charge in [0.15, 0.2) is 0 Å². The standard InChI is InChI=1S/C13H16ClN3S/c1-3-8-15-12(13-9(2)16-17-18-13)10-4-6-11(14)7-5-10/h4-7,12,15H,3,8H2,1-2H3. The van der Waals surface area contributed by atoms with E-state index in [1.165, 1.54) is 22.0 Å². The van der Waals surface area contributed by atoms with E-state index in [1.807, 2.05) is 19.1 Å². The monoisotopic (exact) mass is 281 g/mol. The number of nitrogens with one attached hydrogen (secondary N) is 1. The van der Waals surface area contributed by atoms with Gasteiger partial charge >= 0.3 is 0 Å². The van der Waals surface area contributed by atoms with Crippen LogP contribution in [0.5, 0.6) is 0 Å². The molecule has 1 aromatic carbocycles. The van der Waals surface area contributed by atoms with Gasteiger partial charge in [-0.1, -0.05) is 35.1 Å². The van der Waals surface area contributed by atoms with Crippen LogP contribution in [-0.2, 0) is 0 Å². The number of halogens is 1. The third-order valence-corrected chi connectivity index (χ3v) is 3.89. The topological polar surface area (TPSA) is 37.8 Å². The Morgan fingerprint density at radius 2 is 2.06 bits per heavy atom. The highest BCUT2D eigenvalue weighted by molar-refractivity contribution is 7.05. The molecule has 2 aromatic rings. The minimum absolute atomic E-state index is 0.155. The molecule has 0 bridgehead atoms. The van der Waals surface area contributed by atoms with Crippen LogP contribution in [0.1, 0.15) is 35.5 Å². The molecule has 0 aliphatic heterocycles. The molecule has 96 valence electrons. The van der Waals surface area contributed by atoms with E-state index >= 15 is 0 Å². The Labute approximate surface area is 116 Å². The van der Waals surface area contributed by atoms with Crippen molar-refractivity contribution in [3.05, 3.63) is 45.4 Å². The van der Waals surface area contributed by atoms with Gasteiger partial charge in [0.2, 0.25) is 0 Å². The normalized spacial score (nSPS) is 12.6. The second-order valence-corrected chi connectivity index (χ2v) is 5.38. The van der Waals surface area contributed by atoms with Crippen molar-refractivity contribution >= 4 is 23.1 Å². The lowest BCUT2D eigenvalue weighted by Crippen LogP contribution is -2.23. The predicted molar refractivity (Wildman–Crippen MR) is 76.2 cm³/mol. The molecule has 2 rings (SSSR count). The molecule has 0 aliphatic rings. The summed E-state index contributed by atoms with van der Waals surface area (Å²) in [5, 5.41) is 8.38. The molecule has 0 saturated heterocycles. The van der Waals surface area contributed by atoms with E-state index < -0.39 is 0 Å². The molecule has 0 aliphatic carbocycles. The smallest absolute Gasteiger partial charge is 0.0776 e. The lowest BCUT2D eigenvalue weighted by molar-refractivity contribution is 0.602. The molecule has 1 N–H and O–H groups in total. The molecule has 0 spiro atoms. The first-order valence-corrected chi connectivity index (χ1v) is 7.15. The van der Waals surface area contributed by atoms with Crippen LogP contribution in [0, 0.1) is 6.92 Å². The summed E-state index contributed by atoms with van der Waals surface area (Å²) in [5.74, 6) is 0. The van der Waals surface area contributed by atoms with Crippen LogP contribution in [0.2, 0.25) is 5.02 Å². The van der Waals surface area contributed by atoms with Gasteiger partial charge in [-0.15, -0.1) is 5.10 Å². The summed E-state index contributed by atoms with van der Waals surface area (Å²) in [6.07, 6.45) is 1.09. The number of benzene rings is 1. The first kappa shape index (κ1) is 13.5. The van der Waals surface area contributed by atoms with Crippen molar-refractivity contribution in [2.45, 2.75) is 26.3 Å². The van der Waals surface area contributed by atoms with Crippen molar-refractivity contribution < 1.29 is 0 Å². The number of rotatable bonds is 5. The zero-order valence-corrected chi connectivity index (χ0v) is 12.1. The van der Waals surface area contributed by atoms with E-state index in [-0.39, 0.29) is 6.04 Å². The Morgan fingerprint density at radius 1 is 1.33 bits per heavy atom. The molecule has 0 fully saturated rings. The SMILES string of the molecule is CCCNC(c1ccc(Cl)cc1)c1snnc1C. The summed E-state index contributed by atoms with van der Waals surface area (Å²) in [6.45, 7) is 5.11. The summed E-state index contributed by atoms with van der Waals surface area (Å²) in [7, 11) is 0. The summed E-state index contributed by atoms with van der Waals surface area (Å²) in [5.41, 5.74) is 2.19. The average Bonchev–Trinajstić information content (AvgIpc) is 2.78. The minimum atomic E-state index is 0.155. The Kier molecular flexibility index (Phi) is 4.69. The van der Waals surface area contributed by atoms with E-state index in [2.05, 4.69) is 34.0 Å². The van der Waals surface area contributed by atoms with Crippen LogP contribution >= 0.6 is 23.1 Å². The van der Waals surface area contributed by atoms with Crippen LogP contribution in [0.15, 0.2) is 24.3 Å². The number of aromatic nitrogens is 2. The largest absolute Gasteiger partial charge is 0.305 e. The molecular formula is C13H16ClN3S. The Balaban J connectivity index is 2.30. The van der Waals surface area contributed by atoms with Gasteiger partial charge in [-0.25, -0.2) is 0 Å². The maximum Gasteiger partial charge on any atom is 0.0776 e. The van der Waals surface area contributed by atoms with Crippen LogP contribution in [0.25, 0.3) is 0 Å². The van der Waals surface area contributed by atoms with Crippen molar-refractivity contribution in [3.8, 4) is 0 Å². The summed E-state index contributed by atoms with van der Waals surface area (Å²) in [6, 6.07) is 8.09. The van der Waals surface area contributed by atoms with E-state index in [4.69, 9.17) is 11.6 Å². The van der Waals surface area contributed by atoms with E-state index in [0.717, 1.165) is 23.7 Å². The molecule has 1 aromatic heterocycles. The van der Waals surface area contributed by atoms with Gasteiger partial charge in [-0.2, -0.15) is 0 Å². The molecule has 0 amide bonds. The van der Waals surface area contributed by atoms with Gasteiger partial charge in [0, 0.05) is 5.02 Å². The molecule has 3 nitrogen and oxygen atoms in total. The Bertz CT molecular complexity index is 495. The number of hydrogen-bond acceptors (Lipinski definition) is 4. The van der Waals surface area contributed by atoms with Crippen LogP contribution < -0.4 is 5.32 Å². The first-order valence-electron chi connectivity index (χ1n) is 6.00. The second kappa shape index (κ2) is 6.27. The highest BCUT2D eigenvalue weighted by atomic mass is 35.5. The number of nitrogens with zero attached hydrogens (tertiary/aromatic N) is 2. The van der Waals surface area contributed by atoms with Gasteiger partial charge in [0.1, 0.15) is 0 Å². The van der Waals surface area contributed by atoms with Crippen LogP contribution in [0.4, 0.5) is 0 Å². The highest BCUT2D eigenvalue weighted by Crippen LogP contribution is 2.27. The fourth-order valence-corrected chi connectivity index (χ4v) is 2.68. The highest BCUT2D eigenvalue weighted by Gasteiger charge is 2.18. The fourth-order valence-electron chi connectivity index (χ4n) is 1.81. The molecule has 0 radical (unpaired) electrons. The fraction of sp³-hybridized carbons (Fsp3) is 0.385. The maximum absolute atomic E-state index is 5.93. The van der Waals surface area contributed by atoms with Gasteiger partial charge < -0.3 is 5.32 Å². The molecule has 0 saturated carbocycles. The molecule has 18 heavy (non-hydrogen) atoms. The molecule has 1 unspecified atom stereocenters. The van der Waals surface area contributed by atoms with Gasteiger partial charge in [0.05, 0.1) is 16.6 Å². The number of hydrogen-bond donors (Lipinski definition) is 1. The van der Waals surface area contributed by atoms with Gasteiger partial charge in [-0.3, -0.25) is 0 Å². The van der Waals surface area contributed by atoms with E-state index in [9.17, 15) is 0 Å². The summed E-state index contributed by atoms with van der Waals surface area (Å²) < 4.78 is 4.02. The van der Waals surface area contributed by atoms with Gasteiger partial charge in [0.25, 0.3) is 0 Å². The molecular weight excluding hydrogens is 266 g/mol. The van der Waals surface area contributed by atoms with E-state index in [1.54, 1.807) is 0 Å². The van der Waals surface area contributed by atoms with Crippen molar-refractivity contribution in [1.29, 1.82) is 0 Å². The van der Waals surface area contributed by atoms with Crippen molar-refractivity contribution in [2.75, 3.05) is 6.54 Å². The zero-order chi connectivity index (χ0) is 13.0.